The summed E-state index contributed by atoms with van der Waals surface area (Å²) in [5, 5.41) is 15.9. The highest BCUT2D eigenvalue weighted by Crippen LogP contribution is 2.24. The third-order valence-electron chi connectivity index (χ3n) is 5.39. The highest BCUT2D eigenvalue weighted by Gasteiger charge is 2.17. The van der Waals surface area contributed by atoms with E-state index in [1.54, 1.807) is 42.6 Å². The van der Waals surface area contributed by atoms with E-state index in [1.807, 2.05) is 18.2 Å². The highest BCUT2D eigenvalue weighted by atomic mass is 16.1. The lowest BCUT2D eigenvalue weighted by Gasteiger charge is -2.26. The molecule has 1 aliphatic rings. The molecule has 2 aromatic carbocycles. The maximum Gasteiger partial charge on any atom is 0.255 e. The van der Waals surface area contributed by atoms with Crippen molar-refractivity contribution in [3.8, 4) is 17.3 Å². The van der Waals surface area contributed by atoms with E-state index in [0.29, 0.717) is 40.8 Å². The van der Waals surface area contributed by atoms with Gasteiger partial charge in [-0.15, -0.1) is 0 Å². The number of nitrogens with two attached hydrogens (primary N) is 1. The lowest BCUT2D eigenvalue weighted by Crippen LogP contribution is -2.34. The minimum absolute atomic E-state index is 0.245. The van der Waals surface area contributed by atoms with Gasteiger partial charge in [0, 0.05) is 29.9 Å². The third kappa shape index (κ3) is 4.32. The molecule has 0 spiro atoms. The Morgan fingerprint density at radius 3 is 2.60 bits per heavy atom. The first-order chi connectivity index (χ1) is 14.6. The Morgan fingerprint density at radius 2 is 1.93 bits per heavy atom. The molecule has 6 heteroatoms. The van der Waals surface area contributed by atoms with Crippen LogP contribution in [0.1, 0.15) is 40.7 Å². The second kappa shape index (κ2) is 8.76. The molecule has 0 aliphatic heterocycles. The fraction of sp³-hybridized carbons (Fsp3) is 0.208. The van der Waals surface area contributed by atoms with E-state index >= 15 is 0 Å². The van der Waals surface area contributed by atoms with E-state index in [2.05, 4.69) is 21.7 Å². The first-order valence-electron chi connectivity index (χ1n) is 10.0. The first-order valence-corrected chi connectivity index (χ1v) is 10.0. The van der Waals surface area contributed by atoms with Crippen molar-refractivity contribution in [1.82, 2.24) is 10.3 Å². The number of hydrogen-bond donors (Lipinski definition) is 3. The normalized spacial score (nSPS) is 13.3. The number of nitrogens with one attached hydrogen (secondary N) is 2. The van der Waals surface area contributed by atoms with Gasteiger partial charge in [-0.3, -0.25) is 9.78 Å². The Balaban J connectivity index is 1.48. The number of carbonyl (C=O) groups is 1. The molecular weight excluding hydrogens is 374 g/mol. The Labute approximate surface area is 175 Å². The molecule has 0 atom stereocenters. The summed E-state index contributed by atoms with van der Waals surface area (Å²) in [5.74, 6) is -0.245. The molecule has 1 aliphatic carbocycles. The van der Waals surface area contributed by atoms with E-state index < -0.39 is 0 Å². The van der Waals surface area contributed by atoms with Gasteiger partial charge < -0.3 is 16.4 Å². The zero-order valence-electron chi connectivity index (χ0n) is 16.6. The second-order valence-corrected chi connectivity index (χ2v) is 7.48. The molecule has 4 rings (SSSR count). The highest BCUT2D eigenvalue weighted by molar-refractivity contribution is 6.05. The number of rotatable bonds is 6. The fourth-order valence-electron chi connectivity index (χ4n) is 3.38. The van der Waals surface area contributed by atoms with Crippen LogP contribution >= 0.6 is 0 Å². The van der Waals surface area contributed by atoms with Crippen molar-refractivity contribution >= 4 is 17.3 Å². The molecule has 0 unspecified atom stereocenters. The number of carbonyl (C=O) groups excluding carboxylic acids is 1. The molecule has 6 nitrogen and oxygen atoms in total. The predicted molar refractivity (Wildman–Crippen MR) is 118 cm³/mol. The number of pyridine rings is 1. The summed E-state index contributed by atoms with van der Waals surface area (Å²) in [5.41, 5.74) is 10.4. The molecule has 1 saturated carbocycles. The smallest absolute Gasteiger partial charge is 0.255 e. The molecule has 1 heterocycles. The Bertz CT molecular complexity index is 1100. The second-order valence-electron chi connectivity index (χ2n) is 7.48. The Hall–Kier alpha value is -3.69. The Morgan fingerprint density at radius 1 is 1.17 bits per heavy atom. The maximum absolute atomic E-state index is 12.5. The van der Waals surface area contributed by atoms with Crippen LogP contribution in [0, 0.1) is 11.3 Å². The number of nitriles is 1. The van der Waals surface area contributed by atoms with Crippen molar-refractivity contribution in [3.63, 3.8) is 0 Å². The fourth-order valence-corrected chi connectivity index (χ4v) is 3.38. The molecule has 30 heavy (non-hydrogen) atoms. The van der Waals surface area contributed by atoms with Gasteiger partial charge in [-0.1, -0.05) is 30.7 Å². The van der Waals surface area contributed by atoms with Crippen molar-refractivity contribution in [2.45, 2.75) is 31.8 Å². The quantitative estimate of drug-likeness (QED) is 0.543. The maximum atomic E-state index is 12.5. The SMILES string of the molecule is N#Cc1cc(CNC2CCC2)cnc1-c1ccc(C(=O)Nc2ccccc2N)cc1. The number of para-hydroxylation sites is 2. The number of aromatic nitrogens is 1. The summed E-state index contributed by atoms with van der Waals surface area (Å²) < 4.78 is 0. The van der Waals surface area contributed by atoms with E-state index in [-0.39, 0.29) is 5.91 Å². The van der Waals surface area contributed by atoms with Crippen LogP contribution in [0.5, 0.6) is 0 Å². The Kier molecular flexibility index (Phi) is 5.73. The molecular formula is C24H23N5O. The van der Waals surface area contributed by atoms with Gasteiger partial charge >= 0.3 is 0 Å². The van der Waals surface area contributed by atoms with Gasteiger partial charge in [0.15, 0.2) is 0 Å². The van der Waals surface area contributed by atoms with E-state index in [0.717, 1.165) is 11.1 Å². The van der Waals surface area contributed by atoms with Gasteiger partial charge in [0.25, 0.3) is 5.91 Å². The summed E-state index contributed by atoms with van der Waals surface area (Å²) >= 11 is 0. The summed E-state index contributed by atoms with van der Waals surface area (Å²) in [7, 11) is 0. The number of anilines is 2. The molecule has 1 amide bonds. The van der Waals surface area contributed by atoms with Crippen LogP contribution in [-0.2, 0) is 6.54 Å². The summed E-state index contributed by atoms with van der Waals surface area (Å²) in [6, 6.07) is 18.9. The van der Waals surface area contributed by atoms with Crippen LogP contribution in [-0.4, -0.2) is 16.9 Å². The van der Waals surface area contributed by atoms with Gasteiger partial charge in [-0.05, 0) is 48.7 Å². The molecule has 4 N–H and O–H groups in total. The monoisotopic (exact) mass is 397 g/mol. The first kappa shape index (κ1) is 19.6. The lowest BCUT2D eigenvalue weighted by molar-refractivity contribution is 0.102. The predicted octanol–water partition coefficient (Wildman–Crippen LogP) is 4.10. The van der Waals surface area contributed by atoms with Gasteiger partial charge in [-0.25, -0.2) is 0 Å². The standard InChI is InChI=1S/C24H23N5O/c25-13-19-12-16(14-27-20-4-3-5-20)15-28-23(19)17-8-10-18(11-9-17)24(30)29-22-7-2-1-6-21(22)26/h1-2,6-12,15,20,27H,3-5,14,26H2,(H,29,30). The summed E-state index contributed by atoms with van der Waals surface area (Å²) in [6.45, 7) is 0.717. The van der Waals surface area contributed by atoms with E-state index in [9.17, 15) is 10.1 Å². The van der Waals surface area contributed by atoms with Crippen molar-refractivity contribution in [2.75, 3.05) is 11.1 Å². The van der Waals surface area contributed by atoms with Crippen LogP contribution in [0.3, 0.4) is 0 Å². The van der Waals surface area contributed by atoms with Crippen molar-refractivity contribution in [1.29, 1.82) is 5.26 Å². The largest absolute Gasteiger partial charge is 0.397 e. The molecule has 0 saturated heterocycles. The minimum Gasteiger partial charge on any atom is -0.397 e. The topological polar surface area (TPSA) is 104 Å². The molecule has 150 valence electrons. The van der Waals surface area contributed by atoms with Gasteiger partial charge in [0.1, 0.15) is 6.07 Å². The van der Waals surface area contributed by atoms with E-state index in [1.165, 1.54) is 19.3 Å². The molecule has 3 aromatic rings. The van der Waals surface area contributed by atoms with Crippen LogP contribution in [0.25, 0.3) is 11.3 Å². The van der Waals surface area contributed by atoms with Crippen molar-refractivity contribution in [3.05, 3.63) is 77.5 Å². The van der Waals surface area contributed by atoms with Gasteiger partial charge in [0.05, 0.1) is 22.6 Å². The number of nitrogen functional groups attached to an aromatic ring is 1. The number of amides is 1. The van der Waals surface area contributed by atoms with Crippen LogP contribution in [0.4, 0.5) is 11.4 Å². The number of nitrogens with zero attached hydrogens (tertiary/aromatic N) is 2. The van der Waals surface area contributed by atoms with Crippen molar-refractivity contribution < 1.29 is 4.79 Å². The van der Waals surface area contributed by atoms with Crippen LogP contribution in [0.2, 0.25) is 0 Å². The zero-order valence-corrected chi connectivity index (χ0v) is 16.6. The lowest BCUT2D eigenvalue weighted by atomic mass is 9.93. The van der Waals surface area contributed by atoms with Crippen molar-refractivity contribution in [2.24, 2.45) is 0 Å². The van der Waals surface area contributed by atoms with Crippen LogP contribution in [0.15, 0.2) is 60.8 Å². The van der Waals surface area contributed by atoms with E-state index in [4.69, 9.17) is 5.73 Å². The zero-order chi connectivity index (χ0) is 20.9. The minimum atomic E-state index is -0.245. The van der Waals surface area contributed by atoms with Crippen LogP contribution < -0.4 is 16.4 Å². The van der Waals surface area contributed by atoms with Gasteiger partial charge in [-0.2, -0.15) is 5.26 Å². The third-order valence-corrected chi connectivity index (χ3v) is 5.39. The molecule has 0 radical (unpaired) electrons. The summed E-state index contributed by atoms with van der Waals surface area (Å²) in [6.07, 6.45) is 5.52. The average molecular weight is 397 g/mol. The van der Waals surface area contributed by atoms with Gasteiger partial charge in [0.2, 0.25) is 0 Å². The summed E-state index contributed by atoms with van der Waals surface area (Å²) in [4.78, 5) is 17.0. The molecule has 1 fully saturated rings. The molecule has 0 bridgehead atoms. The number of benzene rings is 2. The molecule has 1 aromatic heterocycles. The number of hydrogen-bond acceptors (Lipinski definition) is 5. The average Bonchev–Trinajstić information content (AvgIpc) is 2.74.